The van der Waals surface area contributed by atoms with Gasteiger partial charge < -0.3 is 0 Å². The zero-order valence-electron chi connectivity index (χ0n) is 14.2. The number of allylic oxidation sites excluding steroid dienone is 2. The van der Waals surface area contributed by atoms with Gasteiger partial charge in [-0.25, -0.2) is 0 Å². The van der Waals surface area contributed by atoms with Crippen molar-refractivity contribution in [1.29, 1.82) is 0 Å². The quantitative estimate of drug-likeness (QED) is 0.365. The third-order valence-electron chi connectivity index (χ3n) is 1.65. The summed E-state index contributed by atoms with van der Waals surface area (Å²) in [6, 6.07) is 0. The molecule has 1 atom stereocenters. The Morgan fingerprint density at radius 1 is 0.688 bits per heavy atom. The fourth-order valence-electron chi connectivity index (χ4n) is 0.577. The van der Waals surface area contributed by atoms with Crippen molar-refractivity contribution in [3.05, 3.63) is 11.1 Å². The van der Waals surface area contributed by atoms with E-state index in [2.05, 4.69) is 43.9 Å². The Kier molecular flexibility index (Phi) is 67.5. The molecule has 0 rings (SSSR count). The average molecular weight is 250 g/mol. The van der Waals surface area contributed by atoms with Crippen molar-refractivity contribution in [3.8, 4) is 0 Å². The number of rotatable bonds is 1. The van der Waals surface area contributed by atoms with E-state index in [1.54, 1.807) is 0 Å². The van der Waals surface area contributed by atoms with Crippen molar-refractivity contribution in [2.24, 2.45) is 5.92 Å². The summed E-state index contributed by atoms with van der Waals surface area (Å²) in [7, 11) is 2.42. The van der Waals surface area contributed by atoms with Gasteiger partial charge in [-0.1, -0.05) is 73.2 Å². The Hall–Kier alpha value is 0.170. The van der Waals surface area contributed by atoms with Gasteiger partial charge in [-0.05, 0) is 26.7 Å². The molecule has 1 heteroatoms. The van der Waals surface area contributed by atoms with Crippen LogP contribution in [0.2, 0.25) is 0 Å². The van der Waals surface area contributed by atoms with Gasteiger partial charge in [-0.2, -0.15) is 0 Å². The SMILES string of the molecule is CC.CC.CC.CC(C)=C(C)C(C)C.CP. The van der Waals surface area contributed by atoms with Crippen LogP contribution >= 0.6 is 9.24 Å². The lowest BCUT2D eigenvalue weighted by Gasteiger charge is -2.05. The van der Waals surface area contributed by atoms with Crippen LogP contribution in [0.25, 0.3) is 0 Å². The van der Waals surface area contributed by atoms with Crippen molar-refractivity contribution in [2.45, 2.75) is 76.2 Å². The molecule has 0 aromatic carbocycles. The largest absolute Gasteiger partial charge is 0.141 e. The Morgan fingerprint density at radius 2 is 0.875 bits per heavy atom. The molecule has 0 aliphatic carbocycles. The van der Waals surface area contributed by atoms with Crippen molar-refractivity contribution in [3.63, 3.8) is 0 Å². The maximum Gasteiger partial charge on any atom is -0.0260 e. The van der Waals surface area contributed by atoms with Crippen LogP contribution in [0, 0.1) is 5.92 Å². The first-order valence-corrected chi connectivity index (χ1v) is 7.93. The predicted molar refractivity (Wildman–Crippen MR) is 88.6 cm³/mol. The van der Waals surface area contributed by atoms with Crippen LogP contribution in [0.15, 0.2) is 11.1 Å². The molecule has 0 spiro atoms. The molecule has 0 aliphatic rings. The molecule has 0 aliphatic heterocycles. The summed E-state index contributed by atoms with van der Waals surface area (Å²) in [6.45, 7) is 24.9. The van der Waals surface area contributed by atoms with Gasteiger partial charge >= 0.3 is 0 Å². The minimum absolute atomic E-state index is 0.722. The summed E-state index contributed by atoms with van der Waals surface area (Å²) in [4.78, 5) is 0. The summed E-state index contributed by atoms with van der Waals surface area (Å²) in [6.07, 6.45) is 0. The standard InChI is InChI=1S/C8H16.3C2H6.CH5P/c1-6(2)8(5)7(3)4;4*1-2/h6H,1-5H3;3*1-2H3;2H2,1H3. The molecule has 0 bridgehead atoms. The molecule has 1 unspecified atom stereocenters. The second-order valence-corrected chi connectivity index (χ2v) is 2.84. The Balaban J connectivity index is -0.0000000426. The third kappa shape index (κ3) is 36.8. The topological polar surface area (TPSA) is 0 Å². The van der Waals surface area contributed by atoms with Crippen LogP contribution in [-0.4, -0.2) is 6.66 Å². The van der Waals surface area contributed by atoms with Crippen LogP contribution in [0.3, 0.4) is 0 Å². The summed E-state index contributed by atoms with van der Waals surface area (Å²) in [5, 5.41) is 0. The molecular formula is C15H39P. The summed E-state index contributed by atoms with van der Waals surface area (Å²) in [5.74, 6) is 0.722. The van der Waals surface area contributed by atoms with Crippen molar-refractivity contribution < 1.29 is 0 Å². The first-order chi connectivity index (χ1) is 7.55. The van der Waals surface area contributed by atoms with E-state index < -0.39 is 0 Å². The highest BCUT2D eigenvalue weighted by molar-refractivity contribution is 7.15. The Bertz CT molecular complexity index is 98.0. The highest BCUT2D eigenvalue weighted by Gasteiger charge is 1.95. The van der Waals surface area contributed by atoms with Crippen LogP contribution in [0.1, 0.15) is 76.2 Å². The van der Waals surface area contributed by atoms with E-state index in [1.807, 2.05) is 48.2 Å². The van der Waals surface area contributed by atoms with Crippen molar-refractivity contribution >= 4 is 9.24 Å². The van der Waals surface area contributed by atoms with Gasteiger partial charge in [-0.15, -0.1) is 9.24 Å². The van der Waals surface area contributed by atoms with Gasteiger partial charge in [0.2, 0.25) is 0 Å². The van der Waals surface area contributed by atoms with Gasteiger partial charge in [-0.3, -0.25) is 0 Å². The van der Waals surface area contributed by atoms with Gasteiger partial charge in [0.05, 0.1) is 0 Å². The second kappa shape index (κ2) is 36.2. The molecule has 0 saturated heterocycles. The fraction of sp³-hybridized carbons (Fsp3) is 0.867. The van der Waals surface area contributed by atoms with E-state index in [-0.39, 0.29) is 0 Å². The minimum atomic E-state index is 0.722. The molecule has 0 nitrogen and oxygen atoms in total. The third-order valence-corrected chi connectivity index (χ3v) is 1.65. The molecule has 104 valence electrons. The molecule has 0 aromatic heterocycles. The van der Waals surface area contributed by atoms with Gasteiger partial charge in [0.15, 0.2) is 0 Å². The summed E-state index contributed by atoms with van der Waals surface area (Å²) < 4.78 is 0. The number of hydrogen-bond donors (Lipinski definition) is 0. The monoisotopic (exact) mass is 250 g/mol. The maximum atomic E-state index is 2.42. The van der Waals surface area contributed by atoms with Crippen LogP contribution in [0.4, 0.5) is 0 Å². The van der Waals surface area contributed by atoms with Crippen molar-refractivity contribution in [2.75, 3.05) is 6.66 Å². The lowest BCUT2D eigenvalue weighted by Crippen LogP contribution is -1.89. The van der Waals surface area contributed by atoms with E-state index in [0.717, 1.165) is 5.92 Å². The average Bonchev–Trinajstić information content (AvgIpc) is 2.37. The van der Waals surface area contributed by atoms with Crippen LogP contribution in [-0.2, 0) is 0 Å². The lowest BCUT2D eigenvalue weighted by molar-refractivity contribution is 0.756. The normalized spacial score (nSPS) is 6.38. The van der Waals surface area contributed by atoms with Gasteiger partial charge in [0.1, 0.15) is 0 Å². The molecule has 0 radical (unpaired) electrons. The summed E-state index contributed by atoms with van der Waals surface area (Å²) >= 11 is 0. The molecule has 0 saturated carbocycles. The molecule has 0 aromatic rings. The molecular weight excluding hydrogens is 211 g/mol. The lowest BCUT2D eigenvalue weighted by atomic mass is 10.0. The van der Waals surface area contributed by atoms with E-state index >= 15 is 0 Å². The smallest absolute Gasteiger partial charge is 0.0260 e. The molecule has 16 heavy (non-hydrogen) atoms. The summed E-state index contributed by atoms with van der Waals surface area (Å²) in [5.41, 5.74) is 2.98. The number of hydrogen-bond acceptors (Lipinski definition) is 0. The Morgan fingerprint density at radius 3 is 0.875 bits per heavy atom. The molecule has 0 amide bonds. The van der Waals surface area contributed by atoms with E-state index in [4.69, 9.17) is 0 Å². The predicted octanol–water partition coefficient (Wildman–Crippen LogP) is 6.57. The molecule has 0 fully saturated rings. The molecule has 0 N–H and O–H groups in total. The van der Waals surface area contributed by atoms with Crippen molar-refractivity contribution in [1.82, 2.24) is 0 Å². The van der Waals surface area contributed by atoms with E-state index in [9.17, 15) is 0 Å². The Labute approximate surface area is 110 Å². The first-order valence-electron chi connectivity index (χ1n) is 6.77. The maximum absolute atomic E-state index is 2.42. The van der Waals surface area contributed by atoms with E-state index in [1.165, 1.54) is 11.1 Å². The van der Waals surface area contributed by atoms with Gasteiger partial charge in [0, 0.05) is 0 Å². The zero-order valence-corrected chi connectivity index (χ0v) is 15.3. The minimum Gasteiger partial charge on any atom is -0.141 e. The highest BCUT2D eigenvalue weighted by atomic mass is 31.0. The van der Waals surface area contributed by atoms with Crippen LogP contribution in [0.5, 0.6) is 0 Å². The van der Waals surface area contributed by atoms with Gasteiger partial charge in [0.25, 0.3) is 0 Å². The molecule has 0 heterocycles. The second-order valence-electron chi connectivity index (χ2n) is 2.84. The zero-order chi connectivity index (χ0) is 14.7. The van der Waals surface area contributed by atoms with E-state index in [0.29, 0.717) is 0 Å². The fourth-order valence-corrected chi connectivity index (χ4v) is 0.577. The van der Waals surface area contributed by atoms with Crippen LogP contribution < -0.4 is 0 Å². The highest BCUT2D eigenvalue weighted by Crippen LogP contribution is 2.11. The first kappa shape index (κ1) is 29.8.